The molecule has 1 saturated heterocycles. The third-order valence-corrected chi connectivity index (χ3v) is 7.68. The van der Waals surface area contributed by atoms with Crippen molar-refractivity contribution in [2.45, 2.75) is 38.8 Å². The number of amides is 1. The molecule has 6 rings (SSSR count). The molecule has 2 aromatic heterocycles. The van der Waals surface area contributed by atoms with Crippen molar-refractivity contribution < 1.29 is 13.9 Å². The highest BCUT2D eigenvalue weighted by molar-refractivity contribution is 6.14. The lowest BCUT2D eigenvalue weighted by atomic mass is 10.0. The Morgan fingerprint density at radius 1 is 1.16 bits per heavy atom. The maximum Gasteiger partial charge on any atom is 0.316 e. The first-order valence-corrected chi connectivity index (χ1v) is 13.1. The molecule has 0 bridgehead atoms. The van der Waals surface area contributed by atoms with E-state index in [1.54, 1.807) is 36.3 Å². The fourth-order valence-electron chi connectivity index (χ4n) is 5.64. The second-order valence-electron chi connectivity index (χ2n) is 10.6. The summed E-state index contributed by atoms with van der Waals surface area (Å²) in [5.41, 5.74) is 2.46. The van der Waals surface area contributed by atoms with Crippen LogP contribution in [0.25, 0.3) is 21.8 Å². The van der Waals surface area contributed by atoms with Gasteiger partial charge in [0.05, 0.1) is 18.2 Å². The van der Waals surface area contributed by atoms with Crippen molar-refractivity contribution in [1.82, 2.24) is 24.6 Å². The van der Waals surface area contributed by atoms with Crippen LogP contribution in [0.15, 0.2) is 36.7 Å². The van der Waals surface area contributed by atoms with Crippen molar-refractivity contribution in [2.24, 2.45) is 13.0 Å². The van der Waals surface area contributed by atoms with Gasteiger partial charge in [0.1, 0.15) is 5.52 Å². The molecule has 198 valence electrons. The van der Waals surface area contributed by atoms with Gasteiger partial charge >= 0.3 is 6.01 Å². The molecule has 1 aliphatic carbocycles. The maximum atomic E-state index is 14.6. The quantitative estimate of drug-likeness (QED) is 0.410. The summed E-state index contributed by atoms with van der Waals surface area (Å²) in [4.78, 5) is 27.4. The molecule has 2 fully saturated rings. The van der Waals surface area contributed by atoms with Gasteiger partial charge in [-0.15, -0.1) is 0 Å². The fourth-order valence-corrected chi connectivity index (χ4v) is 5.64. The Balaban J connectivity index is 1.33. The number of carbonyl (C=O) groups excluding carboxylic acids is 1. The summed E-state index contributed by atoms with van der Waals surface area (Å²) in [5, 5.41) is 8.35. The number of nitrogens with zero attached hydrogens (tertiary/aromatic N) is 6. The standard InChI is InChI=1S/C28H32FN7O2/c1-16-12-35(13-17(2)36(16)14-18-5-6-18)24-8-7-21(26-22(24)11-30-28(32-26)38-4)27(37)31-20-9-19-15-34(3)33-25(19)23(29)10-20/h7-11,15-18H,5-6,12-14H2,1-4H3,(H,31,37)/t16-,17+. The molecule has 4 aromatic rings. The van der Waals surface area contributed by atoms with E-state index in [2.05, 4.69) is 44.0 Å². The van der Waals surface area contributed by atoms with Crippen LogP contribution in [0, 0.1) is 11.7 Å². The number of methoxy groups -OCH3 is 1. The minimum atomic E-state index is -0.494. The van der Waals surface area contributed by atoms with Crippen LogP contribution >= 0.6 is 0 Å². The van der Waals surface area contributed by atoms with Crippen molar-refractivity contribution >= 4 is 39.1 Å². The smallest absolute Gasteiger partial charge is 0.316 e. The van der Waals surface area contributed by atoms with E-state index in [0.717, 1.165) is 30.1 Å². The van der Waals surface area contributed by atoms with Crippen molar-refractivity contribution in [3.05, 3.63) is 48.0 Å². The maximum absolute atomic E-state index is 14.6. The van der Waals surface area contributed by atoms with E-state index in [4.69, 9.17) is 4.74 Å². The van der Waals surface area contributed by atoms with Crippen LogP contribution in [-0.2, 0) is 7.05 Å². The van der Waals surface area contributed by atoms with Crippen LogP contribution in [0.4, 0.5) is 15.8 Å². The minimum Gasteiger partial charge on any atom is -0.467 e. The van der Waals surface area contributed by atoms with Gasteiger partial charge in [-0.3, -0.25) is 14.4 Å². The summed E-state index contributed by atoms with van der Waals surface area (Å²) in [6.45, 7) is 7.50. The van der Waals surface area contributed by atoms with E-state index >= 15 is 0 Å². The zero-order valence-corrected chi connectivity index (χ0v) is 22.1. The van der Waals surface area contributed by atoms with Crippen LogP contribution in [0.2, 0.25) is 0 Å². The Morgan fingerprint density at radius 3 is 2.63 bits per heavy atom. The third kappa shape index (κ3) is 4.53. The number of ether oxygens (including phenoxy) is 1. The Bertz CT molecular complexity index is 1520. The lowest BCUT2D eigenvalue weighted by Gasteiger charge is -2.45. The van der Waals surface area contributed by atoms with Gasteiger partial charge in [-0.05, 0) is 56.9 Å². The van der Waals surface area contributed by atoms with E-state index < -0.39 is 5.82 Å². The van der Waals surface area contributed by atoms with Gasteiger partial charge in [-0.1, -0.05) is 0 Å². The molecule has 0 spiro atoms. The number of carbonyl (C=O) groups is 1. The fraction of sp³-hybridized carbons (Fsp3) is 0.429. The van der Waals surface area contributed by atoms with E-state index in [1.807, 2.05) is 6.07 Å². The van der Waals surface area contributed by atoms with Gasteiger partial charge in [0, 0.05) is 73.3 Å². The molecule has 2 atom stereocenters. The molecule has 0 radical (unpaired) electrons. The summed E-state index contributed by atoms with van der Waals surface area (Å²) >= 11 is 0. The summed E-state index contributed by atoms with van der Waals surface area (Å²) in [7, 11) is 3.23. The molecule has 1 N–H and O–H groups in total. The van der Waals surface area contributed by atoms with E-state index in [1.165, 1.54) is 32.6 Å². The normalized spacial score (nSPS) is 20.3. The van der Waals surface area contributed by atoms with E-state index in [0.29, 0.717) is 34.2 Å². The first-order valence-electron chi connectivity index (χ1n) is 13.1. The van der Waals surface area contributed by atoms with Gasteiger partial charge in [0.25, 0.3) is 5.91 Å². The number of fused-ring (bicyclic) bond motifs is 2. The average Bonchev–Trinajstić information content (AvgIpc) is 3.63. The molecule has 2 aromatic carbocycles. The third-order valence-electron chi connectivity index (χ3n) is 7.68. The molecular formula is C28H32FN7O2. The van der Waals surface area contributed by atoms with Gasteiger partial charge in [0.15, 0.2) is 5.82 Å². The molecule has 0 unspecified atom stereocenters. The number of halogens is 1. The van der Waals surface area contributed by atoms with E-state index in [9.17, 15) is 9.18 Å². The first-order chi connectivity index (χ1) is 18.3. The lowest BCUT2D eigenvalue weighted by molar-refractivity contribution is 0.102. The highest BCUT2D eigenvalue weighted by Crippen LogP contribution is 2.35. The molecule has 9 nitrogen and oxygen atoms in total. The van der Waals surface area contributed by atoms with Crippen molar-refractivity contribution in [3.8, 4) is 6.01 Å². The number of anilines is 2. The molecule has 38 heavy (non-hydrogen) atoms. The van der Waals surface area contributed by atoms with Gasteiger partial charge < -0.3 is 15.0 Å². The second kappa shape index (κ2) is 9.50. The molecule has 1 saturated carbocycles. The Kier molecular flexibility index (Phi) is 6.14. The molecule has 2 aliphatic rings. The number of piperazine rings is 1. The predicted octanol–water partition coefficient (Wildman–Crippen LogP) is 4.23. The number of rotatable bonds is 6. The highest BCUT2D eigenvalue weighted by Gasteiger charge is 2.34. The lowest BCUT2D eigenvalue weighted by Crippen LogP contribution is -2.57. The van der Waals surface area contributed by atoms with Gasteiger partial charge in [-0.2, -0.15) is 10.1 Å². The molecule has 3 heterocycles. The van der Waals surface area contributed by atoms with Crippen LogP contribution < -0.4 is 15.0 Å². The van der Waals surface area contributed by atoms with Gasteiger partial charge in [0.2, 0.25) is 0 Å². The summed E-state index contributed by atoms with van der Waals surface area (Å²) in [6, 6.07) is 7.74. The van der Waals surface area contributed by atoms with Crippen LogP contribution in [0.5, 0.6) is 6.01 Å². The first kappa shape index (κ1) is 24.5. The Morgan fingerprint density at radius 2 is 1.92 bits per heavy atom. The average molecular weight is 518 g/mol. The second-order valence-corrected chi connectivity index (χ2v) is 10.6. The number of aryl methyl sites for hydroxylation is 1. The number of benzene rings is 2. The zero-order valence-electron chi connectivity index (χ0n) is 22.1. The SMILES string of the molecule is COc1ncc2c(N3C[C@@H](C)N(CC4CC4)[C@@H](C)C3)ccc(C(=O)Nc3cc(F)c4nn(C)cc4c3)c2n1. The van der Waals surface area contributed by atoms with Crippen LogP contribution in [-0.4, -0.2) is 69.4 Å². The van der Waals surface area contributed by atoms with Crippen molar-refractivity contribution in [3.63, 3.8) is 0 Å². The number of aromatic nitrogens is 4. The highest BCUT2D eigenvalue weighted by atomic mass is 19.1. The van der Waals surface area contributed by atoms with Crippen LogP contribution in [0.3, 0.4) is 0 Å². The Labute approximate surface area is 220 Å². The van der Waals surface area contributed by atoms with Gasteiger partial charge in [-0.25, -0.2) is 9.37 Å². The summed E-state index contributed by atoms with van der Waals surface area (Å²) in [5.74, 6) is -0.0362. The van der Waals surface area contributed by atoms with Crippen molar-refractivity contribution in [1.29, 1.82) is 0 Å². The Hall–Kier alpha value is -3.79. The zero-order chi connectivity index (χ0) is 26.6. The molecule has 1 amide bonds. The monoisotopic (exact) mass is 517 g/mol. The minimum absolute atomic E-state index is 0.183. The molecule has 1 aliphatic heterocycles. The van der Waals surface area contributed by atoms with Crippen LogP contribution in [0.1, 0.15) is 37.0 Å². The topological polar surface area (TPSA) is 88.4 Å². The predicted molar refractivity (Wildman–Crippen MR) is 145 cm³/mol. The molecule has 10 heteroatoms. The largest absolute Gasteiger partial charge is 0.467 e. The van der Waals surface area contributed by atoms with Crippen molar-refractivity contribution in [2.75, 3.05) is 37.0 Å². The number of nitrogens with one attached hydrogen (secondary N) is 1. The summed E-state index contributed by atoms with van der Waals surface area (Å²) in [6.07, 6.45) is 6.12. The number of hydrogen-bond donors (Lipinski definition) is 1. The summed E-state index contributed by atoms with van der Waals surface area (Å²) < 4.78 is 21.4. The number of hydrogen-bond acceptors (Lipinski definition) is 7. The molecular weight excluding hydrogens is 485 g/mol. The van der Waals surface area contributed by atoms with E-state index in [-0.39, 0.29) is 17.4 Å².